The maximum Gasteiger partial charge on any atom is 0.260 e. The first-order chi connectivity index (χ1) is 9.16. The topological polar surface area (TPSA) is 48.0 Å². The van der Waals surface area contributed by atoms with E-state index in [1.807, 2.05) is 37.3 Å². The number of hydrogen-bond donors (Lipinski definition) is 1. The van der Waals surface area contributed by atoms with Crippen LogP contribution in [0.5, 0.6) is 0 Å². The number of anilines is 1. The van der Waals surface area contributed by atoms with E-state index in [4.69, 9.17) is 5.73 Å². The van der Waals surface area contributed by atoms with Gasteiger partial charge in [0.05, 0.1) is 6.54 Å². The number of nitrogens with two attached hydrogens (primary N) is 1. The fraction of sp³-hybridized carbons (Fsp3) is 0.133. The second kappa shape index (κ2) is 4.55. The highest BCUT2D eigenvalue weighted by atomic mass is 32.1. The fourth-order valence-electron chi connectivity index (χ4n) is 2.20. The summed E-state index contributed by atoms with van der Waals surface area (Å²) in [6.45, 7) is 2.58. The van der Waals surface area contributed by atoms with Crippen molar-refractivity contribution in [2.45, 2.75) is 13.5 Å². The van der Waals surface area contributed by atoms with Gasteiger partial charge in [-0.25, -0.2) is 0 Å². The third kappa shape index (κ3) is 2.04. The Bertz CT molecular complexity index is 801. The van der Waals surface area contributed by atoms with E-state index < -0.39 is 0 Å². The van der Waals surface area contributed by atoms with E-state index in [9.17, 15) is 4.79 Å². The summed E-state index contributed by atoms with van der Waals surface area (Å²) in [4.78, 5) is 12.5. The lowest BCUT2D eigenvalue weighted by atomic mass is 10.1. The minimum atomic E-state index is -0.0267. The van der Waals surface area contributed by atoms with Crippen molar-refractivity contribution in [2.75, 3.05) is 5.73 Å². The molecule has 1 aromatic carbocycles. The summed E-state index contributed by atoms with van der Waals surface area (Å²) in [5.74, 6) is 0.509. The third-order valence-electron chi connectivity index (χ3n) is 3.34. The second-order valence-electron chi connectivity index (χ2n) is 4.63. The van der Waals surface area contributed by atoms with E-state index in [0.717, 1.165) is 10.9 Å². The van der Waals surface area contributed by atoms with Crippen LogP contribution in [0.3, 0.4) is 0 Å². The Balaban J connectivity index is 2.19. The van der Waals surface area contributed by atoms with Gasteiger partial charge in [-0.15, -0.1) is 0 Å². The van der Waals surface area contributed by atoms with Crippen molar-refractivity contribution in [3.63, 3.8) is 0 Å². The van der Waals surface area contributed by atoms with Gasteiger partial charge in [0.2, 0.25) is 0 Å². The minimum Gasteiger partial charge on any atom is -0.385 e. The highest BCUT2D eigenvalue weighted by Gasteiger charge is 2.08. The van der Waals surface area contributed by atoms with Crippen LogP contribution in [0.15, 0.2) is 45.9 Å². The average Bonchev–Trinajstić information content (AvgIpc) is 2.80. The fourth-order valence-corrected chi connectivity index (χ4v) is 3.05. The van der Waals surface area contributed by atoms with Gasteiger partial charge in [0.25, 0.3) is 5.56 Å². The number of nitrogen functional groups attached to an aromatic ring is 1. The molecule has 0 fully saturated rings. The summed E-state index contributed by atoms with van der Waals surface area (Å²) in [6.07, 6.45) is 0. The van der Waals surface area contributed by atoms with Crippen LogP contribution in [0.1, 0.15) is 11.1 Å². The largest absolute Gasteiger partial charge is 0.385 e. The number of pyridine rings is 1. The second-order valence-corrected chi connectivity index (χ2v) is 5.37. The smallest absolute Gasteiger partial charge is 0.260 e. The Morgan fingerprint density at radius 2 is 2.05 bits per heavy atom. The van der Waals surface area contributed by atoms with Gasteiger partial charge in [-0.2, -0.15) is 11.3 Å². The highest BCUT2D eigenvalue weighted by Crippen LogP contribution is 2.18. The van der Waals surface area contributed by atoms with E-state index >= 15 is 0 Å². The number of thiophene rings is 1. The van der Waals surface area contributed by atoms with Gasteiger partial charge in [0.1, 0.15) is 5.82 Å². The van der Waals surface area contributed by atoms with Gasteiger partial charge in [0, 0.05) is 5.39 Å². The molecule has 0 bridgehead atoms. The predicted molar refractivity (Wildman–Crippen MR) is 80.8 cm³/mol. The molecular formula is C15H14N2OS. The number of aromatic nitrogens is 1. The number of fused-ring (bicyclic) bond motifs is 1. The molecule has 0 atom stereocenters. The van der Waals surface area contributed by atoms with Crippen molar-refractivity contribution in [1.29, 1.82) is 0 Å². The molecule has 0 saturated carbocycles. The highest BCUT2D eigenvalue weighted by molar-refractivity contribution is 7.08. The predicted octanol–water partition coefficient (Wildman–Crippen LogP) is 3.00. The van der Waals surface area contributed by atoms with Crippen molar-refractivity contribution in [3.8, 4) is 0 Å². The first-order valence-electron chi connectivity index (χ1n) is 6.06. The van der Waals surface area contributed by atoms with Crippen LogP contribution in [-0.4, -0.2) is 4.57 Å². The lowest BCUT2D eigenvalue weighted by molar-refractivity contribution is 0.779. The van der Waals surface area contributed by atoms with Gasteiger partial charge >= 0.3 is 0 Å². The molecule has 2 N–H and O–H groups in total. The van der Waals surface area contributed by atoms with Crippen molar-refractivity contribution in [3.05, 3.63) is 62.6 Å². The molecule has 0 amide bonds. The summed E-state index contributed by atoms with van der Waals surface area (Å²) >= 11 is 1.64. The van der Waals surface area contributed by atoms with Crippen LogP contribution in [-0.2, 0) is 6.54 Å². The maximum absolute atomic E-state index is 12.5. The molecule has 0 unspecified atom stereocenters. The van der Waals surface area contributed by atoms with Crippen LogP contribution in [0.2, 0.25) is 0 Å². The molecule has 19 heavy (non-hydrogen) atoms. The quantitative estimate of drug-likeness (QED) is 0.778. The van der Waals surface area contributed by atoms with Gasteiger partial charge in [-0.3, -0.25) is 9.36 Å². The zero-order valence-electron chi connectivity index (χ0n) is 10.6. The standard InChI is InChI=1S/C15H14N2OS/c1-10-8-19-9-12(10)7-17-14(16)6-11-4-2-3-5-13(11)15(17)18/h2-6,8-9H,7,16H2,1H3. The molecule has 2 heterocycles. The van der Waals surface area contributed by atoms with Crippen LogP contribution < -0.4 is 11.3 Å². The molecule has 4 heteroatoms. The number of rotatable bonds is 2. The van der Waals surface area contributed by atoms with E-state index in [-0.39, 0.29) is 5.56 Å². The Hall–Kier alpha value is -2.07. The van der Waals surface area contributed by atoms with Crippen LogP contribution in [0.4, 0.5) is 5.82 Å². The monoisotopic (exact) mass is 270 g/mol. The summed E-state index contributed by atoms with van der Waals surface area (Å²) in [6, 6.07) is 9.40. The molecule has 3 aromatic rings. The molecule has 3 rings (SSSR count). The third-order valence-corrected chi connectivity index (χ3v) is 4.25. The summed E-state index contributed by atoms with van der Waals surface area (Å²) < 4.78 is 1.64. The lowest BCUT2D eigenvalue weighted by Crippen LogP contribution is -2.23. The Morgan fingerprint density at radius 3 is 2.79 bits per heavy atom. The van der Waals surface area contributed by atoms with Crippen LogP contribution in [0, 0.1) is 6.92 Å². The zero-order valence-corrected chi connectivity index (χ0v) is 11.4. The minimum absolute atomic E-state index is 0.0267. The molecule has 0 aliphatic rings. The van der Waals surface area contributed by atoms with Gasteiger partial charge in [0.15, 0.2) is 0 Å². The Labute approximate surface area is 114 Å². The van der Waals surface area contributed by atoms with E-state index in [2.05, 4.69) is 10.8 Å². The van der Waals surface area contributed by atoms with Crippen molar-refractivity contribution in [2.24, 2.45) is 0 Å². The Morgan fingerprint density at radius 1 is 1.26 bits per heavy atom. The first-order valence-corrected chi connectivity index (χ1v) is 7.01. The van der Waals surface area contributed by atoms with Gasteiger partial charge in [-0.1, -0.05) is 18.2 Å². The number of benzene rings is 1. The average molecular weight is 270 g/mol. The molecule has 0 spiro atoms. The van der Waals surface area contributed by atoms with E-state index in [1.54, 1.807) is 15.9 Å². The maximum atomic E-state index is 12.5. The molecule has 0 aliphatic heterocycles. The lowest BCUT2D eigenvalue weighted by Gasteiger charge is -2.11. The number of nitrogens with zero attached hydrogens (tertiary/aromatic N) is 1. The Kier molecular flexibility index (Phi) is 2.87. The van der Waals surface area contributed by atoms with Gasteiger partial charge in [-0.05, 0) is 46.3 Å². The van der Waals surface area contributed by atoms with E-state index in [0.29, 0.717) is 17.7 Å². The molecule has 0 saturated heterocycles. The summed E-state index contributed by atoms with van der Waals surface area (Å²) in [5.41, 5.74) is 8.34. The SMILES string of the molecule is Cc1cscc1Cn1c(N)cc2ccccc2c1=O. The number of aryl methyl sites for hydroxylation is 1. The van der Waals surface area contributed by atoms with Gasteiger partial charge < -0.3 is 5.73 Å². The molecule has 0 radical (unpaired) electrons. The van der Waals surface area contributed by atoms with Crippen molar-refractivity contribution < 1.29 is 0 Å². The van der Waals surface area contributed by atoms with Crippen LogP contribution in [0.25, 0.3) is 10.8 Å². The normalized spacial score (nSPS) is 11.0. The number of hydrogen-bond acceptors (Lipinski definition) is 3. The molecule has 0 aliphatic carbocycles. The van der Waals surface area contributed by atoms with E-state index in [1.165, 1.54) is 5.56 Å². The van der Waals surface area contributed by atoms with Crippen molar-refractivity contribution >= 4 is 27.9 Å². The van der Waals surface area contributed by atoms with Crippen molar-refractivity contribution in [1.82, 2.24) is 4.57 Å². The molecule has 96 valence electrons. The summed E-state index contributed by atoms with van der Waals surface area (Å²) in [7, 11) is 0. The zero-order chi connectivity index (χ0) is 13.4. The first kappa shape index (κ1) is 12.0. The molecule has 2 aromatic heterocycles. The molecular weight excluding hydrogens is 256 g/mol. The molecule has 3 nitrogen and oxygen atoms in total. The van der Waals surface area contributed by atoms with Crippen LogP contribution >= 0.6 is 11.3 Å². The summed E-state index contributed by atoms with van der Waals surface area (Å²) in [5, 5.41) is 5.75.